The molecule has 0 spiro atoms. The summed E-state index contributed by atoms with van der Waals surface area (Å²) in [5.41, 5.74) is 6.97. The summed E-state index contributed by atoms with van der Waals surface area (Å²) in [5.74, 6) is 0.538. The highest BCUT2D eigenvalue weighted by Crippen LogP contribution is 2.52. The Morgan fingerprint density at radius 1 is 1.14 bits per heavy atom. The number of hydrogen-bond acceptors (Lipinski definition) is 4. The molecule has 5 nitrogen and oxygen atoms in total. The van der Waals surface area contributed by atoms with Crippen molar-refractivity contribution in [1.82, 2.24) is 4.90 Å². The van der Waals surface area contributed by atoms with Crippen LogP contribution in [-0.2, 0) is 15.1 Å². The lowest BCUT2D eigenvalue weighted by atomic mass is 9.62. The summed E-state index contributed by atoms with van der Waals surface area (Å²) in [4.78, 5) is 14.5. The number of hydrogen-bond donors (Lipinski definition) is 1. The average molecular weight is 421 g/mol. The lowest BCUT2D eigenvalue weighted by Gasteiger charge is -2.57. The van der Waals surface area contributed by atoms with Crippen LogP contribution in [0.25, 0.3) is 0 Å². The molecule has 1 aromatic carbocycles. The molecule has 0 radical (unpaired) electrons. The highest BCUT2D eigenvalue weighted by molar-refractivity contribution is 5.92. The Hall–Kier alpha value is -1.14. The molecule has 2 N–H and O–H groups in total. The lowest BCUT2D eigenvalue weighted by molar-refractivity contribution is -0.180. The fourth-order valence-electron chi connectivity index (χ4n) is 6.73. The third-order valence-corrected chi connectivity index (χ3v) is 7.95. The predicted molar refractivity (Wildman–Crippen MR) is 114 cm³/mol. The van der Waals surface area contributed by atoms with E-state index in [-0.39, 0.29) is 23.9 Å². The molecule has 3 saturated heterocycles. The zero-order valence-electron chi connectivity index (χ0n) is 17.2. The number of piperidine rings is 1. The van der Waals surface area contributed by atoms with Gasteiger partial charge in [-0.3, -0.25) is 9.69 Å². The number of benzene rings is 1. The molecule has 3 aliphatic heterocycles. The number of likely N-dealkylation sites (tertiary alicyclic amines) is 1. The summed E-state index contributed by atoms with van der Waals surface area (Å²) in [7, 11) is 1.85. The first kappa shape index (κ1) is 21.1. The van der Waals surface area contributed by atoms with Gasteiger partial charge in [0.2, 0.25) is 5.91 Å². The van der Waals surface area contributed by atoms with Gasteiger partial charge in [0.05, 0.1) is 12.2 Å². The van der Waals surface area contributed by atoms with Crippen molar-refractivity contribution in [2.75, 3.05) is 20.2 Å². The molecule has 4 fully saturated rings. The monoisotopic (exact) mass is 420 g/mol. The van der Waals surface area contributed by atoms with Crippen molar-refractivity contribution in [3.8, 4) is 0 Å². The SMILES string of the molecule is COC1(c2cccc(C(N)=O)c2)[C@@H]2CCC[C@H]1CN([C@@H]1C[C@H]3CC[C@@H](C1)O3)C2.Cl. The third kappa shape index (κ3) is 3.50. The van der Waals surface area contributed by atoms with Gasteiger partial charge in [0.25, 0.3) is 0 Å². The van der Waals surface area contributed by atoms with Gasteiger partial charge in [-0.2, -0.15) is 0 Å². The summed E-state index contributed by atoms with van der Waals surface area (Å²) in [6, 6.07) is 8.51. The van der Waals surface area contributed by atoms with Crippen molar-refractivity contribution >= 4 is 18.3 Å². The molecular formula is C23H33ClN2O3. The molecular weight excluding hydrogens is 388 g/mol. The summed E-state index contributed by atoms with van der Waals surface area (Å²) in [6.45, 7) is 2.16. The summed E-state index contributed by atoms with van der Waals surface area (Å²) in [6.07, 6.45) is 9.43. The van der Waals surface area contributed by atoms with Crippen LogP contribution in [0.4, 0.5) is 0 Å². The minimum Gasteiger partial charge on any atom is -0.375 e. The Labute approximate surface area is 179 Å². The first-order chi connectivity index (χ1) is 13.6. The van der Waals surface area contributed by atoms with Crippen molar-refractivity contribution in [2.45, 2.75) is 68.8 Å². The van der Waals surface area contributed by atoms with Crippen LogP contribution in [0, 0.1) is 11.8 Å². The maximum Gasteiger partial charge on any atom is 0.248 e. The van der Waals surface area contributed by atoms with Crippen LogP contribution in [-0.4, -0.2) is 49.3 Å². The van der Waals surface area contributed by atoms with Crippen LogP contribution in [0.15, 0.2) is 24.3 Å². The number of methoxy groups -OCH3 is 1. The number of nitrogens with two attached hydrogens (primary N) is 1. The Kier molecular flexibility index (Phi) is 5.95. The Bertz CT molecular complexity index is 731. The van der Waals surface area contributed by atoms with Crippen LogP contribution in [0.3, 0.4) is 0 Å². The molecule has 0 aromatic heterocycles. The smallest absolute Gasteiger partial charge is 0.248 e. The Balaban J connectivity index is 0.00000205. The Morgan fingerprint density at radius 2 is 1.79 bits per heavy atom. The normalized spacial score (nSPS) is 39.0. The minimum absolute atomic E-state index is 0. The van der Waals surface area contributed by atoms with Crippen LogP contribution in [0.2, 0.25) is 0 Å². The molecule has 29 heavy (non-hydrogen) atoms. The molecule has 160 valence electrons. The van der Waals surface area contributed by atoms with Gasteiger partial charge in [-0.1, -0.05) is 18.6 Å². The number of amides is 1. The molecule has 1 aromatic rings. The number of halogens is 1. The largest absolute Gasteiger partial charge is 0.375 e. The molecule has 4 aliphatic rings. The standard InChI is InChI=1S/C23H32N2O3.ClH/c1-27-23(16-5-2-4-15(10-16)22(24)26)17-6-3-7-18(23)14-25(13-17)19-11-20-8-9-21(12-19)28-20;/h2,4-5,10,17-21H,3,6-9,11-14H2,1H3,(H2,24,26);1H/t17-,18+,19-,20-,21+,23?;. The molecule has 1 unspecified atom stereocenters. The quantitative estimate of drug-likeness (QED) is 0.809. The zero-order valence-corrected chi connectivity index (χ0v) is 18.0. The second-order valence-corrected chi connectivity index (χ2v) is 9.30. The van der Waals surface area contributed by atoms with Gasteiger partial charge in [0, 0.05) is 43.6 Å². The average Bonchev–Trinajstić information content (AvgIpc) is 3.04. The third-order valence-electron chi connectivity index (χ3n) is 7.95. The molecule has 5 rings (SSSR count). The zero-order chi connectivity index (χ0) is 19.3. The maximum absolute atomic E-state index is 11.8. The van der Waals surface area contributed by atoms with Gasteiger partial charge in [-0.25, -0.2) is 0 Å². The van der Waals surface area contributed by atoms with E-state index in [1.807, 2.05) is 19.2 Å². The summed E-state index contributed by atoms with van der Waals surface area (Å²) in [5, 5.41) is 0. The van der Waals surface area contributed by atoms with Gasteiger partial charge in [0.15, 0.2) is 0 Å². The van der Waals surface area contributed by atoms with Crippen LogP contribution in [0.5, 0.6) is 0 Å². The van der Waals surface area contributed by atoms with Crippen molar-refractivity contribution in [2.24, 2.45) is 17.6 Å². The van der Waals surface area contributed by atoms with E-state index >= 15 is 0 Å². The minimum atomic E-state index is -0.367. The number of nitrogens with zero attached hydrogens (tertiary/aromatic N) is 1. The fourth-order valence-corrected chi connectivity index (χ4v) is 6.73. The lowest BCUT2D eigenvalue weighted by Crippen LogP contribution is -2.61. The number of rotatable bonds is 4. The number of carbonyl (C=O) groups excluding carboxylic acids is 1. The fraction of sp³-hybridized carbons (Fsp3) is 0.696. The second-order valence-electron chi connectivity index (χ2n) is 9.30. The predicted octanol–water partition coefficient (Wildman–Crippen LogP) is 3.49. The van der Waals surface area contributed by atoms with E-state index in [0.29, 0.717) is 35.6 Å². The van der Waals surface area contributed by atoms with Gasteiger partial charge in [0.1, 0.15) is 5.60 Å². The number of carbonyl (C=O) groups is 1. The molecule has 6 heteroatoms. The number of primary amides is 1. The van der Waals surface area contributed by atoms with Crippen molar-refractivity contribution in [1.29, 1.82) is 0 Å². The van der Waals surface area contributed by atoms with Crippen molar-refractivity contribution in [3.05, 3.63) is 35.4 Å². The molecule has 6 atom stereocenters. The maximum atomic E-state index is 11.8. The van der Waals surface area contributed by atoms with E-state index in [2.05, 4.69) is 11.0 Å². The molecule has 1 amide bonds. The molecule has 1 saturated carbocycles. The number of fused-ring (bicyclic) bond motifs is 4. The first-order valence-electron chi connectivity index (χ1n) is 10.9. The molecule has 3 heterocycles. The first-order valence-corrected chi connectivity index (χ1v) is 10.9. The highest BCUT2D eigenvalue weighted by Gasteiger charge is 2.54. The Morgan fingerprint density at radius 3 is 2.38 bits per heavy atom. The van der Waals surface area contributed by atoms with Gasteiger partial charge in [-0.15, -0.1) is 12.4 Å². The van der Waals surface area contributed by atoms with Gasteiger partial charge < -0.3 is 15.2 Å². The molecule has 1 aliphatic carbocycles. The van der Waals surface area contributed by atoms with Crippen LogP contribution < -0.4 is 5.73 Å². The molecule has 4 bridgehead atoms. The van der Waals surface area contributed by atoms with Crippen molar-refractivity contribution in [3.63, 3.8) is 0 Å². The van der Waals surface area contributed by atoms with Crippen LogP contribution in [0.1, 0.15) is 60.9 Å². The van der Waals surface area contributed by atoms with E-state index < -0.39 is 0 Å². The van der Waals surface area contributed by atoms with Crippen molar-refractivity contribution < 1.29 is 14.3 Å². The topological polar surface area (TPSA) is 64.8 Å². The van der Waals surface area contributed by atoms with E-state index in [1.165, 1.54) is 44.9 Å². The highest BCUT2D eigenvalue weighted by atomic mass is 35.5. The summed E-state index contributed by atoms with van der Waals surface area (Å²) < 4.78 is 12.4. The van der Waals surface area contributed by atoms with E-state index in [4.69, 9.17) is 15.2 Å². The van der Waals surface area contributed by atoms with E-state index in [1.54, 1.807) is 6.07 Å². The van der Waals surface area contributed by atoms with E-state index in [9.17, 15) is 4.79 Å². The second kappa shape index (κ2) is 8.18. The summed E-state index contributed by atoms with van der Waals surface area (Å²) >= 11 is 0. The van der Waals surface area contributed by atoms with Gasteiger partial charge >= 0.3 is 0 Å². The number of ether oxygens (including phenoxy) is 2. The van der Waals surface area contributed by atoms with Gasteiger partial charge in [-0.05, 0) is 56.2 Å². The van der Waals surface area contributed by atoms with E-state index in [0.717, 1.165) is 18.7 Å². The van der Waals surface area contributed by atoms with Crippen LogP contribution >= 0.6 is 12.4 Å².